The Morgan fingerprint density at radius 1 is 0.947 bits per heavy atom. The van der Waals surface area contributed by atoms with Crippen molar-refractivity contribution >= 4 is 0 Å². The van der Waals surface area contributed by atoms with Crippen LogP contribution in [0.15, 0.2) is 24.3 Å². The summed E-state index contributed by atoms with van der Waals surface area (Å²) in [6.45, 7) is 12.5. The first kappa shape index (κ1) is 16.2. The molecule has 0 fully saturated rings. The first-order valence-corrected chi connectivity index (χ1v) is 7.91. The zero-order valence-electron chi connectivity index (χ0n) is 13.4. The van der Waals surface area contributed by atoms with Gasteiger partial charge in [0, 0.05) is 6.04 Å². The van der Waals surface area contributed by atoms with E-state index in [1.807, 2.05) is 0 Å². The Morgan fingerprint density at radius 3 is 2.00 bits per heavy atom. The quantitative estimate of drug-likeness (QED) is 0.670. The van der Waals surface area contributed by atoms with Gasteiger partial charge < -0.3 is 5.32 Å². The number of hydrogen-bond acceptors (Lipinski definition) is 1. The van der Waals surface area contributed by atoms with Gasteiger partial charge in [-0.3, -0.25) is 0 Å². The number of benzene rings is 1. The highest BCUT2D eigenvalue weighted by atomic mass is 14.9. The predicted octanol–water partition coefficient (Wildman–Crippen LogP) is 5.29. The summed E-state index contributed by atoms with van der Waals surface area (Å²) in [6.07, 6.45) is 3.69. The van der Waals surface area contributed by atoms with E-state index in [9.17, 15) is 0 Å². The van der Waals surface area contributed by atoms with Crippen molar-refractivity contribution < 1.29 is 0 Å². The van der Waals surface area contributed by atoms with E-state index in [4.69, 9.17) is 0 Å². The monoisotopic (exact) mass is 261 g/mol. The highest BCUT2D eigenvalue weighted by Gasteiger charge is 2.14. The maximum atomic E-state index is 3.70. The van der Waals surface area contributed by atoms with E-state index in [0.29, 0.717) is 12.0 Å². The lowest BCUT2D eigenvalue weighted by molar-refractivity contribution is 0.402. The van der Waals surface area contributed by atoms with Gasteiger partial charge in [0.05, 0.1) is 0 Å². The second-order valence-electron chi connectivity index (χ2n) is 6.08. The van der Waals surface area contributed by atoms with Crippen molar-refractivity contribution in [2.45, 2.75) is 65.8 Å². The van der Waals surface area contributed by atoms with Gasteiger partial charge in [-0.2, -0.15) is 0 Å². The lowest BCUT2D eigenvalue weighted by Crippen LogP contribution is -2.24. The van der Waals surface area contributed by atoms with Crippen LogP contribution in [0.4, 0.5) is 0 Å². The molecule has 0 aliphatic carbocycles. The highest BCUT2D eigenvalue weighted by Crippen LogP contribution is 2.25. The van der Waals surface area contributed by atoms with Crippen LogP contribution in [0.1, 0.15) is 77.0 Å². The molecule has 0 saturated carbocycles. The molecular weight excluding hydrogens is 230 g/mol. The second kappa shape index (κ2) is 8.37. The van der Waals surface area contributed by atoms with E-state index < -0.39 is 0 Å². The summed E-state index contributed by atoms with van der Waals surface area (Å²) >= 11 is 0. The Bertz CT molecular complexity index is 339. The third kappa shape index (κ3) is 5.36. The fraction of sp³-hybridized carbons (Fsp3) is 0.667. The van der Waals surface area contributed by atoms with Crippen LogP contribution in [-0.4, -0.2) is 6.54 Å². The molecule has 2 unspecified atom stereocenters. The molecule has 1 nitrogen and oxygen atoms in total. The summed E-state index contributed by atoms with van der Waals surface area (Å²) in [4.78, 5) is 0. The van der Waals surface area contributed by atoms with E-state index >= 15 is 0 Å². The molecule has 0 aliphatic rings. The molecule has 1 N–H and O–H groups in total. The first-order valence-electron chi connectivity index (χ1n) is 7.91. The van der Waals surface area contributed by atoms with Gasteiger partial charge in [0.25, 0.3) is 0 Å². The van der Waals surface area contributed by atoms with Crippen LogP contribution < -0.4 is 5.32 Å². The van der Waals surface area contributed by atoms with Crippen molar-refractivity contribution in [1.82, 2.24) is 5.32 Å². The van der Waals surface area contributed by atoms with E-state index in [0.717, 1.165) is 12.5 Å². The molecule has 0 saturated heterocycles. The molecule has 108 valence electrons. The van der Waals surface area contributed by atoms with Crippen LogP contribution in [0, 0.1) is 5.92 Å². The first-order chi connectivity index (χ1) is 9.08. The van der Waals surface area contributed by atoms with Gasteiger partial charge in [-0.15, -0.1) is 0 Å². The normalized spacial score (nSPS) is 14.6. The lowest BCUT2D eigenvalue weighted by atomic mass is 9.92. The van der Waals surface area contributed by atoms with Crippen molar-refractivity contribution in [1.29, 1.82) is 0 Å². The van der Waals surface area contributed by atoms with Crippen LogP contribution >= 0.6 is 0 Å². The average molecular weight is 261 g/mol. The third-order valence-electron chi connectivity index (χ3n) is 3.98. The van der Waals surface area contributed by atoms with E-state index in [1.54, 1.807) is 0 Å². The van der Waals surface area contributed by atoms with Gasteiger partial charge >= 0.3 is 0 Å². The fourth-order valence-corrected chi connectivity index (χ4v) is 2.34. The molecule has 1 aromatic rings. The van der Waals surface area contributed by atoms with Crippen LogP contribution in [0.5, 0.6) is 0 Å². The third-order valence-corrected chi connectivity index (χ3v) is 3.98. The molecule has 2 atom stereocenters. The van der Waals surface area contributed by atoms with E-state index in [1.165, 1.54) is 30.4 Å². The molecule has 0 heterocycles. The zero-order valence-corrected chi connectivity index (χ0v) is 13.4. The minimum atomic E-state index is 0.510. The molecule has 0 aromatic heterocycles. The van der Waals surface area contributed by atoms with Gasteiger partial charge in [-0.05, 0) is 42.3 Å². The SMILES string of the molecule is CCCNC(CC(C)CC)c1ccc(C(C)C)cc1. The number of hydrogen-bond donors (Lipinski definition) is 1. The van der Waals surface area contributed by atoms with Gasteiger partial charge in [0.2, 0.25) is 0 Å². The molecule has 0 bridgehead atoms. The summed E-state index contributed by atoms with van der Waals surface area (Å²) in [7, 11) is 0. The summed E-state index contributed by atoms with van der Waals surface area (Å²) in [6, 6.07) is 9.71. The van der Waals surface area contributed by atoms with Crippen molar-refractivity contribution in [2.24, 2.45) is 5.92 Å². The molecule has 0 radical (unpaired) electrons. The van der Waals surface area contributed by atoms with Crippen LogP contribution in [-0.2, 0) is 0 Å². The number of rotatable bonds is 8. The molecule has 19 heavy (non-hydrogen) atoms. The fourth-order valence-electron chi connectivity index (χ4n) is 2.34. The standard InChI is InChI=1S/C18H31N/c1-6-12-19-18(13-15(5)7-2)17-10-8-16(9-11-17)14(3)4/h8-11,14-15,18-19H,6-7,12-13H2,1-5H3. The van der Waals surface area contributed by atoms with Crippen molar-refractivity contribution in [2.75, 3.05) is 6.54 Å². The summed E-state index contributed by atoms with van der Waals surface area (Å²) in [5.74, 6) is 1.39. The maximum Gasteiger partial charge on any atom is 0.0322 e. The van der Waals surface area contributed by atoms with Gasteiger partial charge in [0.1, 0.15) is 0 Å². The van der Waals surface area contributed by atoms with Crippen LogP contribution in [0.25, 0.3) is 0 Å². The van der Waals surface area contributed by atoms with Crippen molar-refractivity contribution in [3.8, 4) is 0 Å². The smallest absolute Gasteiger partial charge is 0.0322 e. The number of nitrogens with one attached hydrogen (secondary N) is 1. The minimum absolute atomic E-state index is 0.510. The summed E-state index contributed by atoms with van der Waals surface area (Å²) < 4.78 is 0. The largest absolute Gasteiger partial charge is 0.310 e. The second-order valence-corrected chi connectivity index (χ2v) is 6.08. The summed E-state index contributed by atoms with van der Waals surface area (Å²) in [5.41, 5.74) is 2.87. The molecule has 0 amide bonds. The minimum Gasteiger partial charge on any atom is -0.310 e. The van der Waals surface area contributed by atoms with E-state index in [2.05, 4.69) is 64.2 Å². The van der Waals surface area contributed by atoms with Crippen molar-refractivity contribution in [3.63, 3.8) is 0 Å². The van der Waals surface area contributed by atoms with Gasteiger partial charge in [-0.25, -0.2) is 0 Å². The van der Waals surface area contributed by atoms with Crippen LogP contribution in [0.2, 0.25) is 0 Å². The van der Waals surface area contributed by atoms with Crippen LogP contribution in [0.3, 0.4) is 0 Å². The maximum absolute atomic E-state index is 3.70. The van der Waals surface area contributed by atoms with Crippen molar-refractivity contribution in [3.05, 3.63) is 35.4 Å². The molecular formula is C18H31N. The van der Waals surface area contributed by atoms with E-state index in [-0.39, 0.29) is 0 Å². The predicted molar refractivity (Wildman–Crippen MR) is 85.6 cm³/mol. The average Bonchev–Trinajstić information content (AvgIpc) is 2.43. The topological polar surface area (TPSA) is 12.0 Å². The Morgan fingerprint density at radius 2 is 1.53 bits per heavy atom. The Hall–Kier alpha value is -0.820. The molecule has 1 rings (SSSR count). The Balaban J connectivity index is 2.77. The Kier molecular flexibility index (Phi) is 7.15. The van der Waals surface area contributed by atoms with Gasteiger partial charge in [0.15, 0.2) is 0 Å². The zero-order chi connectivity index (χ0) is 14.3. The molecule has 1 aromatic carbocycles. The molecule has 0 aliphatic heterocycles. The van der Waals surface area contributed by atoms with Gasteiger partial charge in [-0.1, -0.05) is 65.3 Å². The Labute approximate surface area is 119 Å². The molecule has 0 spiro atoms. The lowest BCUT2D eigenvalue weighted by Gasteiger charge is -2.22. The highest BCUT2D eigenvalue weighted by molar-refractivity contribution is 5.27. The molecule has 1 heteroatoms. The summed E-state index contributed by atoms with van der Waals surface area (Å²) in [5, 5.41) is 3.70.